The van der Waals surface area contributed by atoms with Gasteiger partial charge in [0.15, 0.2) is 0 Å². The molecule has 0 saturated carbocycles. The van der Waals surface area contributed by atoms with Gasteiger partial charge < -0.3 is 9.15 Å². The van der Waals surface area contributed by atoms with Crippen LogP contribution < -0.4 is 16.1 Å². The molecule has 0 fully saturated rings. The van der Waals surface area contributed by atoms with E-state index < -0.39 is 11.4 Å². The second kappa shape index (κ2) is 4.97. The second-order valence-electron chi connectivity index (χ2n) is 4.23. The molecular weight excluding hydrogens is 278 g/mol. The van der Waals surface area contributed by atoms with Crippen LogP contribution in [0.3, 0.4) is 0 Å². The zero-order chi connectivity index (χ0) is 14.1. The smallest absolute Gasteiger partial charge is 0.423 e. The van der Waals surface area contributed by atoms with Crippen LogP contribution in [-0.2, 0) is 6.54 Å². The topological polar surface area (TPSA) is 61.4 Å². The highest BCUT2D eigenvalue weighted by Crippen LogP contribution is 2.18. The molecule has 0 aliphatic carbocycles. The highest BCUT2D eigenvalue weighted by molar-refractivity contribution is 7.16. The summed E-state index contributed by atoms with van der Waals surface area (Å²) in [7, 11) is 1.60. The number of ether oxygens (including phenoxy) is 1. The Labute approximate surface area is 117 Å². The average Bonchev–Trinajstić information content (AvgIpc) is 2.94. The van der Waals surface area contributed by atoms with Gasteiger partial charge >= 0.3 is 11.4 Å². The van der Waals surface area contributed by atoms with E-state index in [1.165, 1.54) is 15.9 Å². The Bertz CT molecular complexity index is 857. The fraction of sp³-hybridized carbons (Fsp3) is 0.143. The summed E-state index contributed by atoms with van der Waals surface area (Å²) in [4.78, 5) is 24.0. The molecule has 0 saturated heterocycles. The highest BCUT2D eigenvalue weighted by atomic mass is 32.1. The molecule has 102 valence electrons. The van der Waals surface area contributed by atoms with Crippen LogP contribution in [0.1, 0.15) is 5.56 Å². The predicted octanol–water partition coefficient (Wildman–Crippen LogP) is 2.07. The van der Waals surface area contributed by atoms with Crippen LogP contribution in [0.5, 0.6) is 5.75 Å². The number of benzene rings is 1. The van der Waals surface area contributed by atoms with Gasteiger partial charge in [-0.25, -0.2) is 9.59 Å². The van der Waals surface area contributed by atoms with Gasteiger partial charge in [-0.3, -0.25) is 4.57 Å². The molecule has 0 radical (unpaired) electrons. The number of hydrogen-bond acceptors (Lipinski definition) is 5. The van der Waals surface area contributed by atoms with E-state index in [0.29, 0.717) is 16.8 Å². The molecule has 0 spiro atoms. The third-order valence-corrected chi connectivity index (χ3v) is 3.95. The van der Waals surface area contributed by atoms with E-state index in [9.17, 15) is 9.59 Å². The molecular formula is C14H11NO4S. The van der Waals surface area contributed by atoms with E-state index in [1.807, 2.05) is 24.3 Å². The zero-order valence-electron chi connectivity index (χ0n) is 10.7. The molecule has 0 unspecified atom stereocenters. The molecule has 0 N–H and O–H groups in total. The summed E-state index contributed by atoms with van der Waals surface area (Å²) in [6.45, 7) is 0.351. The average molecular weight is 289 g/mol. The first-order valence-corrected chi connectivity index (χ1v) is 6.81. The van der Waals surface area contributed by atoms with Crippen molar-refractivity contribution in [1.82, 2.24) is 4.57 Å². The van der Waals surface area contributed by atoms with E-state index in [0.717, 1.165) is 11.3 Å². The number of nitrogens with zero attached hydrogens (tertiary/aromatic N) is 1. The number of methoxy groups -OCH3 is 1. The molecule has 5 nitrogen and oxygen atoms in total. The quantitative estimate of drug-likeness (QED) is 0.740. The normalized spacial score (nSPS) is 10.8. The first-order valence-electron chi connectivity index (χ1n) is 5.93. The van der Waals surface area contributed by atoms with Gasteiger partial charge in [-0.2, -0.15) is 0 Å². The number of thiophene rings is 1. The van der Waals surface area contributed by atoms with E-state index in [4.69, 9.17) is 9.15 Å². The lowest BCUT2D eigenvalue weighted by atomic mass is 10.2. The third-order valence-electron chi connectivity index (χ3n) is 3.01. The Balaban J connectivity index is 2.08. The molecule has 0 bridgehead atoms. The fourth-order valence-corrected chi connectivity index (χ4v) is 2.87. The number of rotatable bonds is 3. The van der Waals surface area contributed by atoms with E-state index >= 15 is 0 Å². The predicted molar refractivity (Wildman–Crippen MR) is 76.7 cm³/mol. The Hall–Kier alpha value is -2.34. The van der Waals surface area contributed by atoms with Gasteiger partial charge in [0.05, 0.1) is 19.0 Å². The minimum Gasteiger partial charge on any atom is -0.497 e. The van der Waals surface area contributed by atoms with Gasteiger partial charge in [0.2, 0.25) is 0 Å². The van der Waals surface area contributed by atoms with Crippen LogP contribution in [-0.4, -0.2) is 11.7 Å². The van der Waals surface area contributed by atoms with Gasteiger partial charge in [0.1, 0.15) is 10.6 Å². The van der Waals surface area contributed by atoms with Crippen LogP contribution in [0, 0.1) is 0 Å². The van der Waals surface area contributed by atoms with E-state index in [-0.39, 0.29) is 0 Å². The van der Waals surface area contributed by atoms with Crippen LogP contribution in [0.15, 0.2) is 49.7 Å². The van der Waals surface area contributed by atoms with Crippen LogP contribution in [0.2, 0.25) is 0 Å². The second-order valence-corrected chi connectivity index (χ2v) is 5.12. The molecule has 6 heteroatoms. The molecule has 20 heavy (non-hydrogen) atoms. The largest absolute Gasteiger partial charge is 0.497 e. The SMILES string of the molecule is COc1ccc(Cn2c(=O)oc(=O)c3ccsc32)cc1. The van der Waals surface area contributed by atoms with Gasteiger partial charge in [-0.15, -0.1) is 11.3 Å². The molecule has 3 aromatic rings. The van der Waals surface area contributed by atoms with Crippen molar-refractivity contribution in [3.8, 4) is 5.75 Å². The summed E-state index contributed by atoms with van der Waals surface area (Å²) in [6.07, 6.45) is 0. The standard InChI is InChI=1S/C14H11NO4S/c1-18-10-4-2-9(3-5-10)8-15-12-11(6-7-20-12)13(16)19-14(15)17/h2-7H,8H2,1H3. The first kappa shape index (κ1) is 12.7. The lowest BCUT2D eigenvalue weighted by Crippen LogP contribution is -2.24. The summed E-state index contributed by atoms with van der Waals surface area (Å²) in [5.41, 5.74) is 0.341. The molecule has 2 heterocycles. The van der Waals surface area contributed by atoms with Crippen LogP contribution >= 0.6 is 11.3 Å². The Morgan fingerprint density at radius 1 is 1.20 bits per heavy atom. The minimum atomic E-state index is -0.638. The van der Waals surface area contributed by atoms with Gasteiger partial charge in [0.25, 0.3) is 0 Å². The maximum absolute atomic E-state index is 11.9. The number of fused-ring (bicyclic) bond motifs is 1. The van der Waals surface area contributed by atoms with Gasteiger partial charge in [0, 0.05) is 0 Å². The van der Waals surface area contributed by atoms with Crippen molar-refractivity contribution in [3.63, 3.8) is 0 Å². The number of aromatic nitrogens is 1. The minimum absolute atomic E-state index is 0.351. The first-order chi connectivity index (χ1) is 9.69. The lowest BCUT2D eigenvalue weighted by molar-refractivity contribution is 0.414. The van der Waals surface area contributed by atoms with Crippen molar-refractivity contribution < 1.29 is 9.15 Å². The van der Waals surface area contributed by atoms with E-state index in [2.05, 4.69) is 0 Å². The molecule has 0 aliphatic heterocycles. The molecule has 2 aromatic heterocycles. The molecule has 0 aliphatic rings. The summed E-state index contributed by atoms with van der Waals surface area (Å²) in [5.74, 6) is 0.114. The van der Waals surface area contributed by atoms with Crippen molar-refractivity contribution in [3.05, 3.63) is 62.2 Å². The maximum Gasteiger partial charge on any atom is 0.423 e. The third kappa shape index (κ3) is 2.14. The summed E-state index contributed by atoms with van der Waals surface area (Å²) in [5, 5.41) is 2.20. The highest BCUT2D eigenvalue weighted by Gasteiger charge is 2.10. The van der Waals surface area contributed by atoms with Crippen molar-refractivity contribution in [2.75, 3.05) is 7.11 Å². The molecule has 0 amide bonds. The lowest BCUT2D eigenvalue weighted by Gasteiger charge is -2.06. The van der Waals surface area contributed by atoms with Gasteiger partial charge in [-0.05, 0) is 29.1 Å². The Morgan fingerprint density at radius 3 is 2.65 bits per heavy atom. The molecule has 1 aromatic carbocycles. The van der Waals surface area contributed by atoms with Crippen molar-refractivity contribution >= 4 is 21.6 Å². The fourth-order valence-electron chi connectivity index (χ4n) is 1.99. The summed E-state index contributed by atoms with van der Waals surface area (Å²) in [6, 6.07) is 9.05. The Morgan fingerprint density at radius 2 is 1.95 bits per heavy atom. The molecule has 3 rings (SSSR count). The monoisotopic (exact) mass is 289 g/mol. The van der Waals surface area contributed by atoms with Crippen molar-refractivity contribution in [1.29, 1.82) is 0 Å². The molecule has 0 atom stereocenters. The van der Waals surface area contributed by atoms with Crippen molar-refractivity contribution in [2.45, 2.75) is 6.54 Å². The maximum atomic E-state index is 11.9. The van der Waals surface area contributed by atoms with Crippen molar-refractivity contribution in [2.24, 2.45) is 0 Å². The summed E-state index contributed by atoms with van der Waals surface area (Å²) < 4.78 is 11.3. The Kier molecular flexibility index (Phi) is 3.15. The zero-order valence-corrected chi connectivity index (χ0v) is 11.5. The van der Waals surface area contributed by atoms with E-state index in [1.54, 1.807) is 18.6 Å². The number of hydrogen-bond donors (Lipinski definition) is 0. The van der Waals surface area contributed by atoms with Gasteiger partial charge in [-0.1, -0.05) is 12.1 Å². The van der Waals surface area contributed by atoms with Crippen LogP contribution in [0.25, 0.3) is 10.2 Å². The summed E-state index contributed by atoms with van der Waals surface area (Å²) >= 11 is 1.35. The van der Waals surface area contributed by atoms with Crippen LogP contribution in [0.4, 0.5) is 0 Å².